The van der Waals surface area contributed by atoms with E-state index in [9.17, 15) is 35.5 Å². The van der Waals surface area contributed by atoms with Crippen molar-refractivity contribution in [2.24, 2.45) is 4.99 Å². The molecule has 0 aromatic heterocycles. The van der Waals surface area contributed by atoms with Crippen LogP contribution >= 0.6 is 11.8 Å². The summed E-state index contributed by atoms with van der Waals surface area (Å²) in [6.45, 7) is -0.799. The molecule has 0 N–H and O–H groups in total. The Morgan fingerprint density at radius 2 is 1.76 bits per heavy atom. The van der Waals surface area contributed by atoms with Crippen LogP contribution in [0.3, 0.4) is 0 Å². The first kappa shape index (κ1) is 24.6. The fourth-order valence-electron chi connectivity index (χ4n) is 2.99. The second kappa shape index (κ2) is 9.08. The Hall–Kier alpha value is -3.02. The quantitative estimate of drug-likeness (QED) is 0.451. The zero-order valence-corrected chi connectivity index (χ0v) is 17.8. The molecule has 1 saturated heterocycles. The van der Waals surface area contributed by atoms with E-state index in [-0.39, 0.29) is 17.1 Å². The van der Waals surface area contributed by atoms with Crippen LogP contribution in [0.2, 0.25) is 0 Å². The SMILES string of the molecule is CN=C1C(=Cc2ccc(OCc3ccc(C(F)(F)F)cc3C(F)(F)F)c(F)c2)SC(=O)N1C. The number of rotatable bonds is 4. The molecule has 12 heteroatoms. The maximum atomic E-state index is 14.5. The molecule has 1 amide bonds. The third kappa shape index (κ3) is 5.49. The number of ether oxygens (including phenoxy) is 1. The first-order chi connectivity index (χ1) is 15.3. The third-order valence-electron chi connectivity index (χ3n) is 4.60. The van der Waals surface area contributed by atoms with E-state index >= 15 is 0 Å². The van der Waals surface area contributed by atoms with Crippen LogP contribution in [0.5, 0.6) is 5.75 Å². The van der Waals surface area contributed by atoms with Gasteiger partial charge >= 0.3 is 12.4 Å². The van der Waals surface area contributed by atoms with Crippen molar-refractivity contribution in [3.05, 3.63) is 69.4 Å². The lowest BCUT2D eigenvalue weighted by molar-refractivity contribution is -0.143. The number of nitrogens with zero attached hydrogens (tertiary/aromatic N) is 2. The second-order valence-electron chi connectivity index (χ2n) is 6.83. The van der Waals surface area contributed by atoms with Crippen LogP contribution in [0.15, 0.2) is 46.3 Å². The summed E-state index contributed by atoms with van der Waals surface area (Å²) >= 11 is 0.902. The molecule has 0 radical (unpaired) electrons. The predicted molar refractivity (Wildman–Crippen MR) is 109 cm³/mol. The molecule has 176 valence electrons. The molecule has 1 aliphatic heterocycles. The highest BCUT2D eigenvalue weighted by Gasteiger charge is 2.38. The minimum Gasteiger partial charge on any atom is -0.486 e. The van der Waals surface area contributed by atoms with Gasteiger partial charge in [0.2, 0.25) is 0 Å². The van der Waals surface area contributed by atoms with Gasteiger partial charge in [-0.2, -0.15) is 26.3 Å². The largest absolute Gasteiger partial charge is 0.486 e. The second-order valence-corrected chi connectivity index (χ2v) is 7.82. The van der Waals surface area contributed by atoms with Crippen LogP contribution in [-0.2, 0) is 19.0 Å². The van der Waals surface area contributed by atoms with Crippen LogP contribution in [0.1, 0.15) is 22.3 Å². The van der Waals surface area contributed by atoms with Crippen LogP contribution in [0.25, 0.3) is 6.08 Å². The highest BCUT2D eigenvalue weighted by molar-refractivity contribution is 8.18. The van der Waals surface area contributed by atoms with E-state index in [2.05, 4.69) is 4.99 Å². The minimum absolute atomic E-state index is 0.00518. The Bertz CT molecular complexity index is 1140. The van der Waals surface area contributed by atoms with Gasteiger partial charge in [0, 0.05) is 19.7 Å². The van der Waals surface area contributed by atoms with Gasteiger partial charge in [-0.25, -0.2) is 4.39 Å². The van der Waals surface area contributed by atoms with Crippen molar-refractivity contribution in [1.29, 1.82) is 0 Å². The van der Waals surface area contributed by atoms with Gasteiger partial charge in [0.25, 0.3) is 5.24 Å². The highest BCUT2D eigenvalue weighted by atomic mass is 32.2. The number of carbonyl (C=O) groups excluding carboxylic acids is 1. The summed E-state index contributed by atoms with van der Waals surface area (Å²) in [5.41, 5.74) is -3.20. The molecule has 0 atom stereocenters. The van der Waals surface area contributed by atoms with Crippen molar-refractivity contribution in [3.8, 4) is 5.75 Å². The monoisotopic (exact) mass is 492 g/mol. The zero-order valence-electron chi connectivity index (χ0n) is 17.0. The number of carbonyl (C=O) groups is 1. The van der Waals surface area contributed by atoms with E-state index in [0.29, 0.717) is 28.4 Å². The molecule has 0 bridgehead atoms. The Morgan fingerprint density at radius 1 is 1.06 bits per heavy atom. The predicted octanol–water partition coefficient (Wildman–Crippen LogP) is 6.61. The van der Waals surface area contributed by atoms with Crippen molar-refractivity contribution < 1.29 is 40.3 Å². The summed E-state index contributed by atoms with van der Waals surface area (Å²) in [6.07, 6.45) is -8.50. The van der Waals surface area contributed by atoms with Crippen LogP contribution in [-0.4, -0.2) is 30.1 Å². The molecule has 4 nitrogen and oxygen atoms in total. The van der Waals surface area contributed by atoms with Gasteiger partial charge in [-0.05, 0) is 47.7 Å². The Labute approximate surface area is 187 Å². The number of hydrogen-bond donors (Lipinski definition) is 0. The molecule has 2 aromatic rings. The molecular weight excluding hydrogens is 477 g/mol. The standard InChI is InChI=1S/C21H15F7N2O2S/c1-29-18-17(33-19(31)30(18)2)8-11-3-6-16(15(22)7-11)32-10-12-4-5-13(20(23,24)25)9-14(12)21(26,27)28/h3-9H,10H2,1-2H3. The van der Waals surface area contributed by atoms with Crippen molar-refractivity contribution in [3.63, 3.8) is 0 Å². The Kier molecular flexibility index (Phi) is 6.78. The zero-order chi connectivity index (χ0) is 24.6. The van der Waals surface area contributed by atoms with Gasteiger partial charge in [-0.1, -0.05) is 12.1 Å². The molecular formula is C21H15F7N2O2S. The van der Waals surface area contributed by atoms with Gasteiger partial charge in [0.1, 0.15) is 12.4 Å². The molecule has 0 aliphatic carbocycles. The van der Waals surface area contributed by atoms with Crippen molar-refractivity contribution >= 4 is 28.9 Å². The van der Waals surface area contributed by atoms with Crippen molar-refractivity contribution in [2.45, 2.75) is 19.0 Å². The summed E-state index contributed by atoms with van der Waals surface area (Å²) in [4.78, 5) is 17.6. The molecule has 0 saturated carbocycles. The smallest absolute Gasteiger partial charge is 0.416 e. The number of aliphatic imine (C=N–C) groups is 1. The van der Waals surface area contributed by atoms with Crippen molar-refractivity contribution in [2.75, 3.05) is 14.1 Å². The lowest BCUT2D eigenvalue weighted by Gasteiger charge is -2.16. The lowest BCUT2D eigenvalue weighted by Crippen LogP contribution is -2.22. The maximum Gasteiger partial charge on any atom is 0.416 e. The molecule has 3 rings (SSSR count). The molecule has 1 aliphatic rings. The first-order valence-electron chi connectivity index (χ1n) is 9.15. The minimum atomic E-state index is -5.06. The molecule has 2 aromatic carbocycles. The fraction of sp³-hybridized carbons (Fsp3) is 0.238. The number of alkyl halides is 6. The number of amides is 1. The average Bonchev–Trinajstić information content (AvgIpc) is 2.98. The van der Waals surface area contributed by atoms with Gasteiger partial charge in [-0.15, -0.1) is 0 Å². The number of benzene rings is 2. The number of amidine groups is 1. The average molecular weight is 492 g/mol. The Balaban J connectivity index is 1.82. The normalized spacial score (nSPS) is 17.4. The van der Waals surface area contributed by atoms with Crippen LogP contribution in [0.4, 0.5) is 35.5 Å². The molecule has 1 fully saturated rings. The van der Waals surface area contributed by atoms with Gasteiger partial charge < -0.3 is 4.74 Å². The summed E-state index contributed by atoms with van der Waals surface area (Å²) in [6, 6.07) is 4.79. The molecule has 33 heavy (non-hydrogen) atoms. The van der Waals surface area contributed by atoms with Crippen LogP contribution < -0.4 is 4.74 Å². The lowest BCUT2D eigenvalue weighted by atomic mass is 10.0. The number of hydrogen-bond acceptors (Lipinski definition) is 4. The fourth-order valence-corrected chi connectivity index (χ4v) is 3.91. The molecule has 1 heterocycles. The Morgan fingerprint density at radius 3 is 2.33 bits per heavy atom. The topological polar surface area (TPSA) is 41.9 Å². The van der Waals surface area contributed by atoms with E-state index in [4.69, 9.17) is 4.74 Å². The number of thioether (sulfide) groups is 1. The molecule has 0 unspecified atom stereocenters. The highest BCUT2D eigenvalue weighted by Crippen LogP contribution is 2.38. The van der Waals surface area contributed by atoms with E-state index < -0.39 is 41.5 Å². The van der Waals surface area contributed by atoms with Crippen molar-refractivity contribution in [1.82, 2.24) is 4.90 Å². The van der Waals surface area contributed by atoms with Gasteiger partial charge in [0.15, 0.2) is 11.6 Å². The first-order valence-corrected chi connectivity index (χ1v) is 9.97. The molecule has 0 spiro atoms. The summed E-state index contributed by atoms with van der Waals surface area (Å²) in [7, 11) is 3.03. The van der Waals surface area contributed by atoms with Gasteiger partial charge in [-0.3, -0.25) is 14.7 Å². The third-order valence-corrected chi connectivity index (χ3v) is 5.57. The summed E-state index contributed by atoms with van der Waals surface area (Å²) < 4.78 is 97.7. The summed E-state index contributed by atoms with van der Waals surface area (Å²) in [5.74, 6) is -0.892. The van der Waals surface area contributed by atoms with E-state index in [0.717, 1.165) is 17.8 Å². The maximum absolute atomic E-state index is 14.5. The van der Waals surface area contributed by atoms with Gasteiger partial charge in [0.05, 0.1) is 16.0 Å². The number of likely N-dealkylation sites (N-methyl/N-ethyl adjacent to an activating group) is 1. The van der Waals surface area contributed by atoms with E-state index in [1.807, 2.05) is 0 Å². The number of halogens is 7. The van der Waals surface area contributed by atoms with E-state index in [1.165, 1.54) is 37.2 Å². The summed E-state index contributed by atoms with van der Waals surface area (Å²) in [5, 5.41) is -0.265. The van der Waals surface area contributed by atoms with E-state index in [1.54, 1.807) is 0 Å². The van der Waals surface area contributed by atoms with Crippen LogP contribution in [0, 0.1) is 5.82 Å².